The number of aromatic nitrogens is 4. The fraction of sp³-hybridized carbons (Fsp3) is 0.467. The highest BCUT2D eigenvalue weighted by molar-refractivity contribution is 5.78. The van der Waals surface area contributed by atoms with Crippen LogP contribution in [0.5, 0.6) is 0 Å². The minimum absolute atomic E-state index is 0.00369. The van der Waals surface area contributed by atoms with Crippen LogP contribution in [-0.2, 0) is 9.53 Å². The number of amides is 1. The van der Waals surface area contributed by atoms with E-state index in [1.165, 1.54) is 7.11 Å². The summed E-state index contributed by atoms with van der Waals surface area (Å²) in [5.74, 6) is 1.57. The lowest BCUT2D eigenvalue weighted by atomic mass is 10.1. The highest BCUT2D eigenvalue weighted by Gasteiger charge is 2.31. The number of ether oxygens (including phenoxy) is 1. The topological polar surface area (TPSA) is 73.1 Å². The van der Waals surface area contributed by atoms with Gasteiger partial charge in [-0.2, -0.15) is 0 Å². The van der Waals surface area contributed by atoms with Gasteiger partial charge in [0.1, 0.15) is 12.4 Å². The Labute approximate surface area is 129 Å². The van der Waals surface area contributed by atoms with E-state index in [4.69, 9.17) is 4.74 Å². The van der Waals surface area contributed by atoms with Crippen LogP contribution < -0.4 is 0 Å². The zero-order valence-corrected chi connectivity index (χ0v) is 12.8. The molecule has 1 aliphatic rings. The molecule has 2 aromatic rings. The molecular weight excluding hydrogens is 282 g/mol. The molecule has 0 saturated carbocycles. The molecule has 7 nitrogen and oxygen atoms in total. The van der Waals surface area contributed by atoms with Gasteiger partial charge in [0.2, 0.25) is 5.91 Å². The van der Waals surface area contributed by atoms with E-state index in [0.717, 1.165) is 36.7 Å². The van der Waals surface area contributed by atoms with Crippen molar-refractivity contribution in [2.75, 3.05) is 20.3 Å². The molecule has 1 aliphatic heterocycles. The number of likely N-dealkylation sites (tertiary alicyclic amines) is 1. The Morgan fingerprint density at radius 2 is 2.32 bits per heavy atom. The van der Waals surface area contributed by atoms with Crippen LogP contribution in [0, 0.1) is 6.92 Å². The Morgan fingerprint density at radius 3 is 3.05 bits per heavy atom. The van der Waals surface area contributed by atoms with Crippen molar-refractivity contribution < 1.29 is 9.53 Å². The van der Waals surface area contributed by atoms with Crippen LogP contribution in [0.3, 0.4) is 0 Å². The van der Waals surface area contributed by atoms with Crippen LogP contribution >= 0.6 is 0 Å². The van der Waals surface area contributed by atoms with Gasteiger partial charge in [-0.15, -0.1) is 0 Å². The standard InChI is InChI=1S/C15H19N5O2/c1-11-17-5-7-19(11)14-9-16-8-12(18-14)13-4-3-6-20(13)15(21)10-22-2/h5,7-9,13H,3-4,6,10H2,1-2H3/t13-/m1/s1. The van der Waals surface area contributed by atoms with Gasteiger partial charge in [-0.1, -0.05) is 0 Å². The monoisotopic (exact) mass is 301 g/mol. The molecule has 2 aromatic heterocycles. The van der Waals surface area contributed by atoms with Gasteiger partial charge in [0.15, 0.2) is 5.82 Å². The molecule has 0 spiro atoms. The summed E-state index contributed by atoms with van der Waals surface area (Å²) in [7, 11) is 1.53. The smallest absolute Gasteiger partial charge is 0.249 e. The summed E-state index contributed by atoms with van der Waals surface area (Å²) in [5, 5.41) is 0. The number of aryl methyl sites for hydroxylation is 1. The molecule has 0 unspecified atom stereocenters. The second kappa shape index (κ2) is 6.23. The van der Waals surface area contributed by atoms with Crippen molar-refractivity contribution in [3.05, 3.63) is 36.3 Å². The minimum atomic E-state index is -0.0288. The lowest BCUT2D eigenvalue weighted by molar-refractivity contribution is -0.136. The van der Waals surface area contributed by atoms with Gasteiger partial charge in [0.25, 0.3) is 0 Å². The lowest BCUT2D eigenvalue weighted by Gasteiger charge is -2.24. The summed E-state index contributed by atoms with van der Waals surface area (Å²) >= 11 is 0. The molecule has 22 heavy (non-hydrogen) atoms. The molecule has 3 heterocycles. The molecule has 7 heteroatoms. The van der Waals surface area contributed by atoms with Crippen LogP contribution in [0.15, 0.2) is 24.8 Å². The van der Waals surface area contributed by atoms with Crippen LogP contribution in [0.25, 0.3) is 5.82 Å². The number of hydrogen-bond donors (Lipinski definition) is 0. The highest BCUT2D eigenvalue weighted by atomic mass is 16.5. The van der Waals surface area contributed by atoms with E-state index in [1.807, 2.05) is 22.6 Å². The Bertz CT molecular complexity index is 669. The third-order valence-electron chi connectivity index (χ3n) is 3.90. The zero-order valence-electron chi connectivity index (χ0n) is 12.8. The summed E-state index contributed by atoms with van der Waals surface area (Å²) in [6, 6.07) is -0.0288. The summed E-state index contributed by atoms with van der Waals surface area (Å²) < 4.78 is 6.84. The van der Waals surface area contributed by atoms with Crippen LogP contribution in [-0.4, -0.2) is 50.6 Å². The first-order valence-corrected chi connectivity index (χ1v) is 7.31. The average Bonchev–Trinajstić information content (AvgIpc) is 3.16. The number of rotatable bonds is 4. The van der Waals surface area contributed by atoms with Crippen molar-refractivity contribution in [2.24, 2.45) is 0 Å². The Kier molecular flexibility index (Phi) is 4.15. The molecule has 0 N–H and O–H groups in total. The maximum atomic E-state index is 12.1. The van der Waals surface area contributed by atoms with Crippen molar-refractivity contribution >= 4 is 5.91 Å². The molecule has 0 bridgehead atoms. The van der Waals surface area contributed by atoms with E-state index in [1.54, 1.807) is 18.6 Å². The number of carbonyl (C=O) groups is 1. The molecule has 3 rings (SSSR count). The maximum absolute atomic E-state index is 12.1. The van der Waals surface area contributed by atoms with E-state index in [9.17, 15) is 4.79 Å². The van der Waals surface area contributed by atoms with Gasteiger partial charge in [-0.3, -0.25) is 14.3 Å². The first-order valence-electron chi connectivity index (χ1n) is 7.31. The molecule has 0 aliphatic carbocycles. The average molecular weight is 301 g/mol. The molecule has 0 radical (unpaired) electrons. The SMILES string of the molecule is COCC(=O)N1CCC[C@@H]1c1cncc(-n2ccnc2C)n1. The fourth-order valence-electron chi connectivity index (χ4n) is 2.85. The van der Waals surface area contributed by atoms with Crippen molar-refractivity contribution in [2.45, 2.75) is 25.8 Å². The van der Waals surface area contributed by atoms with Gasteiger partial charge in [0, 0.05) is 26.0 Å². The minimum Gasteiger partial charge on any atom is -0.375 e. The predicted octanol–water partition coefficient (Wildman–Crippen LogP) is 1.28. The summed E-state index contributed by atoms with van der Waals surface area (Å²) in [4.78, 5) is 27.1. The van der Waals surface area contributed by atoms with E-state index >= 15 is 0 Å². The molecule has 1 saturated heterocycles. The van der Waals surface area contributed by atoms with Crippen molar-refractivity contribution in [3.63, 3.8) is 0 Å². The second-order valence-electron chi connectivity index (χ2n) is 5.32. The third-order valence-corrected chi connectivity index (χ3v) is 3.90. The van der Waals surface area contributed by atoms with Gasteiger partial charge in [-0.25, -0.2) is 9.97 Å². The third kappa shape index (κ3) is 2.71. The Morgan fingerprint density at radius 1 is 1.45 bits per heavy atom. The second-order valence-corrected chi connectivity index (χ2v) is 5.32. The molecule has 1 fully saturated rings. The summed E-state index contributed by atoms with van der Waals surface area (Å²) in [6.07, 6.45) is 8.89. The molecular formula is C15H19N5O2. The quantitative estimate of drug-likeness (QED) is 0.850. The number of methoxy groups -OCH3 is 1. The number of carbonyl (C=O) groups excluding carboxylic acids is 1. The van der Waals surface area contributed by atoms with Crippen LogP contribution in [0.2, 0.25) is 0 Å². The Balaban J connectivity index is 1.88. The van der Waals surface area contributed by atoms with E-state index in [-0.39, 0.29) is 18.6 Å². The van der Waals surface area contributed by atoms with Gasteiger partial charge < -0.3 is 9.64 Å². The number of hydrogen-bond acceptors (Lipinski definition) is 5. The molecule has 116 valence electrons. The van der Waals surface area contributed by atoms with Gasteiger partial charge in [0.05, 0.1) is 24.1 Å². The van der Waals surface area contributed by atoms with E-state index < -0.39 is 0 Å². The summed E-state index contributed by atoms with van der Waals surface area (Å²) in [6.45, 7) is 2.76. The predicted molar refractivity (Wildman–Crippen MR) is 79.5 cm³/mol. The largest absolute Gasteiger partial charge is 0.375 e. The van der Waals surface area contributed by atoms with Crippen LogP contribution in [0.1, 0.15) is 30.4 Å². The highest BCUT2D eigenvalue weighted by Crippen LogP contribution is 2.30. The fourth-order valence-corrected chi connectivity index (χ4v) is 2.85. The first-order chi connectivity index (χ1) is 10.7. The molecule has 1 amide bonds. The van der Waals surface area contributed by atoms with Crippen LogP contribution in [0.4, 0.5) is 0 Å². The van der Waals surface area contributed by atoms with E-state index in [2.05, 4.69) is 15.0 Å². The first kappa shape index (κ1) is 14.6. The molecule has 0 aromatic carbocycles. The zero-order chi connectivity index (χ0) is 15.5. The maximum Gasteiger partial charge on any atom is 0.249 e. The van der Waals surface area contributed by atoms with Gasteiger partial charge in [-0.05, 0) is 19.8 Å². The number of imidazole rings is 1. The Hall–Kier alpha value is -2.28. The normalized spacial score (nSPS) is 17.9. The summed E-state index contributed by atoms with van der Waals surface area (Å²) in [5.41, 5.74) is 0.813. The number of nitrogens with zero attached hydrogens (tertiary/aromatic N) is 5. The molecule has 1 atom stereocenters. The van der Waals surface area contributed by atoms with E-state index in [0.29, 0.717) is 0 Å². The van der Waals surface area contributed by atoms with Crippen molar-refractivity contribution in [3.8, 4) is 5.82 Å². The van der Waals surface area contributed by atoms with Gasteiger partial charge >= 0.3 is 0 Å². The van der Waals surface area contributed by atoms with Crippen molar-refractivity contribution in [1.82, 2.24) is 24.4 Å². The lowest BCUT2D eigenvalue weighted by Crippen LogP contribution is -2.33. The van der Waals surface area contributed by atoms with Crippen molar-refractivity contribution in [1.29, 1.82) is 0 Å².